The summed E-state index contributed by atoms with van der Waals surface area (Å²) in [5.41, 5.74) is 7.34. The second-order valence-corrected chi connectivity index (χ2v) is 4.52. The van der Waals surface area contributed by atoms with E-state index in [1.54, 1.807) is 26.4 Å². The maximum atomic E-state index is 12.8. The molecule has 0 radical (unpaired) electrons. The molecule has 1 aromatic carbocycles. The standard InChI is InChI=1S/C13H18FNO2/c1-16-11-7-9(8-14)6-10(12(11)17-2)13(15)4-3-5-13/h6-7H,3-5,8,15H2,1-2H3. The lowest BCUT2D eigenvalue weighted by atomic mass is 9.72. The van der Waals surface area contributed by atoms with Crippen LogP contribution in [0.15, 0.2) is 12.1 Å². The molecule has 0 amide bonds. The van der Waals surface area contributed by atoms with Gasteiger partial charge in [-0.2, -0.15) is 0 Å². The smallest absolute Gasteiger partial charge is 0.165 e. The number of hydrogen-bond acceptors (Lipinski definition) is 3. The van der Waals surface area contributed by atoms with Crippen molar-refractivity contribution in [2.24, 2.45) is 5.73 Å². The molecule has 0 saturated heterocycles. The van der Waals surface area contributed by atoms with Gasteiger partial charge in [-0.05, 0) is 37.0 Å². The van der Waals surface area contributed by atoms with Crippen LogP contribution in [-0.4, -0.2) is 14.2 Å². The van der Waals surface area contributed by atoms with Gasteiger partial charge >= 0.3 is 0 Å². The minimum absolute atomic E-state index is 0.385. The van der Waals surface area contributed by atoms with E-state index in [1.807, 2.05) is 0 Å². The Morgan fingerprint density at radius 2 is 2.00 bits per heavy atom. The van der Waals surface area contributed by atoms with Crippen LogP contribution in [-0.2, 0) is 12.2 Å². The van der Waals surface area contributed by atoms with Gasteiger partial charge in [0, 0.05) is 11.1 Å². The Morgan fingerprint density at radius 1 is 1.29 bits per heavy atom. The second kappa shape index (κ2) is 4.53. The van der Waals surface area contributed by atoms with Crippen molar-refractivity contribution in [3.63, 3.8) is 0 Å². The minimum atomic E-state index is -0.524. The number of benzene rings is 1. The van der Waals surface area contributed by atoms with Crippen molar-refractivity contribution in [2.75, 3.05) is 14.2 Å². The molecule has 3 nitrogen and oxygen atoms in total. The molecule has 1 fully saturated rings. The highest BCUT2D eigenvalue weighted by Gasteiger charge is 2.38. The number of alkyl halides is 1. The van der Waals surface area contributed by atoms with E-state index in [0.717, 1.165) is 24.8 Å². The second-order valence-electron chi connectivity index (χ2n) is 4.52. The van der Waals surface area contributed by atoms with Crippen molar-refractivity contribution >= 4 is 0 Å². The average molecular weight is 239 g/mol. The van der Waals surface area contributed by atoms with E-state index in [4.69, 9.17) is 15.2 Å². The molecule has 1 saturated carbocycles. The number of hydrogen-bond donors (Lipinski definition) is 1. The van der Waals surface area contributed by atoms with E-state index < -0.39 is 6.67 Å². The van der Waals surface area contributed by atoms with Gasteiger partial charge in [0.05, 0.1) is 14.2 Å². The van der Waals surface area contributed by atoms with Crippen molar-refractivity contribution < 1.29 is 13.9 Å². The van der Waals surface area contributed by atoms with Crippen molar-refractivity contribution in [1.82, 2.24) is 0 Å². The van der Waals surface area contributed by atoms with Gasteiger partial charge < -0.3 is 15.2 Å². The van der Waals surface area contributed by atoms with E-state index in [0.29, 0.717) is 17.1 Å². The molecule has 0 spiro atoms. The molecule has 94 valence electrons. The summed E-state index contributed by atoms with van der Waals surface area (Å²) in [6, 6.07) is 3.45. The summed E-state index contributed by atoms with van der Waals surface area (Å²) in [6.45, 7) is -0.524. The Balaban J connectivity index is 2.54. The number of halogens is 1. The summed E-state index contributed by atoms with van der Waals surface area (Å²) < 4.78 is 23.4. The number of ether oxygens (including phenoxy) is 2. The molecule has 4 heteroatoms. The predicted molar refractivity (Wildman–Crippen MR) is 64.1 cm³/mol. The molecule has 0 aromatic heterocycles. The lowest BCUT2D eigenvalue weighted by molar-refractivity contribution is 0.240. The van der Waals surface area contributed by atoms with Gasteiger partial charge in [0.15, 0.2) is 11.5 Å². The first-order valence-electron chi connectivity index (χ1n) is 5.75. The number of rotatable bonds is 4. The van der Waals surface area contributed by atoms with Crippen LogP contribution in [0.25, 0.3) is 0 Å². The van der Waals surface area contributed by atoms with Crippen LogP contribution in [0.1, 0.15) is 30.4 Å². The summed E-state index contributed by atoms with van der Waals surface area (Å²) in [5, 5.41) is 0. The van der Waals surface area contributed by atoms with Crippen molar-refractivity contribution in [2.45, 2.75) is 31.5 Å². The molecule has 0 heterocycles. The van der Waals surface area contributed by atoms with Gasteiger partial charge in [-0.1, -0.05) is 0 Å². The van der Waals surface area contributed by atoms with E-state index in [-0.39, 0.29) is 5.54 Å². The minimum Gasteiger partial charge on any atom is -0.493 e. The first-order chi connectivity index (χ1) is 8.14. The molecule has 0 bridgehead atoms. The molecule has 0 atom stereocenters. The highest BCUT2D eigenvalue weighted by molar-refractivity contribution is 5.53. The number of nitrogens with two attached hydrogens (primary N) is 1. The van der Waals surface area contributed by atoms with E-state index in [2.05, 4.69) is 0 Å². The first-order valence-corrected chi connectivity index (χ1v) is 5.75. The highest BCUT2D eigenvalue weighted by Crippen LogP contribution is 2.46. The number of methoxy groups -OCH3 is 2. The fourth-order valence-electron chi connectivity index (χ4n) is 2.30. The Morgan fingerprint density at radius 3 is 2.41 bits per heavy atom. The topological polar surface area (TPSA) is 44.5 Å². The monoisotopic (exact) mass is 239 g/mol. The van der Waals surface area contributed by atoms with Crippen molar-refractivity contribution in [3.05, 3.63) is 23.3 Å². The normalized spacial score (nSPS) is 17.4. The van der Waals surface area contributed by atoms with Crippen LogP contribution in [0.5, 0.6) is 11.5 Å². The molecule has 0 unspecified atom stereocenters. The quantitative estimate of drug-likeness (QED) is 0.878. The zero-order chi connectivity index (χ0) is 12.5. The summed E-state index contributed by atoms with van der Waals surface area (Å²) >= 11 is 0. The van der Waals surface area contributed by atoms with E-state index in [1.165, 1.54) is 0 Å². The van der Waals surface area contributed by atoms with Crippen molar-refractivity contribution in [1.29, 1.82) is 0 Å². The maximum absolute atomic E-state index is 12.8. The molecule has 1 aliphatic carbocycles. The van der Waals surface area contributed by atoms with Crippen LogP contribution in [0, 0.1) is 0 Å². The van der Waals surface area contributed by atoms with Gasteiger partial charge in [-0.15, -0.1) is 0 Å². The molecule has 17 heavy (non-hydrogen) atoms. The summed E-state index contributed by atoms with van der Waals surface area (Å²) in [4.78, 5) is 0. The van der Waals surface area contributed by atoms with Gasteiger partial charge in [0.2, 0.25) is 0 Å². The SMILES string of the molecule is COc1cc(CF)cc(C2(N)CCC2)c1OC. The van der Waals surface area contributed by atoms with E-state index in [9.17, 15) is 4.39 Å². The molecule has 1 aromatic rings. The fourth-order valence-corrected chi connectivity index (χ4v) is 2.30. The Labute approximate surface area is 101 Å². The summed E-state index contributed by atoms with van der Waals surface area (Å²) in [7, 11) is 3.13. The molecular weight excluding hydrogens is 221 g/mol. The van der Waals surface area contributed by atoms with Crippen LogP contribution in [0.4, 0.5) is 4.39 Å². The molecule has 2 N–H and O–H groups in total. The third-order valence-corrected chi connectivity index (χ3v) is 3.48. The zero-order valence-corrected chi connectivity index (χ0v) is 10.3. The molecule has 1 aliphatic rings. The average Bonchev–Trinajstić information content (AvgIpc) is 2.33. The van der Waals surface area contributed by atoms with Gasteiger partial charge in [0.25, 0.3) is 0 Å². The van der Waals surface area contributed by atoms with Crippen LogP contribution < -0.4 is 15.2 Å². The molecule has 0 aliphatic heterocycles. The fraction of sp³-hybridized carbons (Fsp3) is 0.538. The first kappa shape index (κ1) is 12.2. The highest BCUT2D eigenvalue weighted by atomic mass is 19.1. The zero-order valence-electron chi connectivity index (χ0n) is 10.3. The lowest BCUT2D eigenvalue weighted by Gasteiger charge is -2.39. The van der Waals surface area contributed by atoms with Crippen LogP contribution in [0.3, 0.4) is 0 Å². The Hall–Kier alpha value is -1.29. The Bertz CT molecular complexity index is 416. The predicted octanol–water partition coefficient (Wildman–Crippen LogP) is 2.51. The Kier molecular flexibility index (Phi) is 3.24. The van der Waals surface area contributed by atoms with E-state index >= 15 is 0 Å². The van der Waals surface area contributed by atoms with Gasteiger partial charge in [0.1, 0.15) is 6.67 Å². The third-order valence-electron chi connectivity index (χ3n) is 3.48. The van der Waals surface area contributed by atoms with Crippen molar-refractivity contribution in [3.8, 4) is 11.5 Å². The summed E-state index contributed by atoms with van der Waals surface area (Å²) in [6.07, 6.45) is 2.91. The van der Waals surface area contributed by atoms with Crippen LogP contribution in [0.2, 0.25) is 0 Å². The summed E-state index contributed by atoms with van der Waals surface area (Å²) in [5.74, 6) is 1.18. The lowest BCUT2D eigenvalue weighted by Crippen LogP contribution is -2.43. The maximum Gasteiger partial charge on any atom is 0.165 e. The largest absolute Gasteiger partial charge is 0.493 e. The van der Waals surface area contributed by atoms with Gasteiger partial charge in [-0.25, -0.2) is 4.39 Å². The van der Waals surface area contributed by atoms with Gasteiger partial charge in [-0.3, -0.25) is 0 Å². The molecular formula is C13H18FNO2. The van der Waals surface area contributed by atoms with Crippen LogP contribution >= 0.6 is 0 Å². The molecule has 2 rings (SSSR count). The third kappa shape index (κ3) is 1.97.